The lowest BCUT2D eigenvalue weighted by Gasteiger charge is -2.14. The van der Waals surface area contributed by atoms with E-state index in [1.165, 1.54) is 0 Å². The van der Waals surface area contributed by atoms with Crippen LogP contribution in [0.15, 0.2) is 24.3 Å². The monoisotopic (exact) mass is 302 g/mol. The van der Waals surface area contributed by atoms with Crippen LogP contribution in [0.4, 0.5) is 0 Å². The van der Waals surface area contributed by atoms with Crippen LogP contribution in [0.25, 0.3) is 0 Å². The van der Waals surface area contributed by atoms with Crippen molar-refractivity contribution >= 4 is 0 Å². The highest BCUT2D eigenvalue weighted by atomic mass is 16.5. The van der Waals surface area contributed by atoms with E-state index in [2.05, 4.69) is 16.3 Å². The van der Waals surface area contributed by atoms with Crippen molar-refractivity contribution in [2.24, 2.45) is 0 Å². The average Bonchev–Trinajstić information content (AvgIpc) is 2.45. The van der Waals surface area contributed by atoms with E-state index in [0.29, 0.717) is 5.88 Å². The number of hydrogen-bond acceptors (Lipinski definition) is 5. The van der Waals surface area contributed by atoms with Crippen LogP contribution in [-0.2, 0) is 0 Å². The summed E-state index contributed by atoms with van der Waals surface area (Å²) in [5, 5.41) is 17.8. The number of aliphatic hydroxyl groups is 1. The fourth-order valence-corrected chi connectivity index (χ4v) is 2.03. The van der Waals surface area contributed by atoms with Gasteiger partial charge in [0, 0.05) is 6.07 Å². The van der Waals surface area contributed by atoms with Crippen LogP contribution < -0.4 is 9.47 Å². The lowest BCUT2D eigenvalue weighted by molar-refractivity contribution is 0.0606. The molecular weight excluding hydrogens is 280 g/mol. The Balaban J connectivity index is 1.82. The van der Waals surface area contributed by atoms with Gasteiger partial charge < -0.3 is 14.6 Å². The lowest BCUT2D eigenvalue weighted by atomic mass is 10.1. The molecule has 0 radical (unpaired) electrons. The zero-order valence-electron chi connectivity index (χ0n) is 13.5. The van der Waals surface area contributed by atoms with Crippen LogP contribution in [0.3, 0.4) is 0 Å². The Labute approximate surface area is 130 Å². The van der Waals surface area contributed by atoms with E-state index in [-0.39, 0.29) is 13.2 Å². The summed E-state index contributed by atoms with van der Waals surface area (Å²) in [7, 11) is 0. The van der Waals surface area contributed by atoms with Crippen molar-refractivity contribution in [2.75, 3.05) is 13.2 Å². The summed E-state index contributed by atoms with van der Waals surface area (Å²) in [6.07, 6.45) is -0.732. The van der Waals surface area contributed by atoms with Gasteiger partial charge in [-0.15, -0.1) is 5.10 Å². The Bertz CT molecular complexity index is 624. The number of aryl methyl sites for hydroxylation is 4. The van der Waals surface area contributed by atoms with Gasteiger partial charge >= 0.3 is 0 Å². The van der Waals surface area contributed by atoms with Crippen LogP contribution in [0.1, 0.15) is 22.4 Å². The molecule has 0 saturated heterocycles. The summed E-state index contributed by atoms with van der Waals surface area (Å²) in [5.74, 6) is 1.16. The zero-order chi connectivity index (χ0) is 16.1. The van der Waals surface area contributed by atoms with Crippen LogP contribution in [0.2, 0.25) is 0 Å². The van der Waals surface area contributed by atoms with Crippen molar-refractivity contribution in [1.29, 1.82) is 0 Å². The topological polar surface area (TPSA) is 64.5 Å². The quantitative estimate of drug-likeness (QED) is 0.888. The first-order valence-electron chi connectivity index (χ1n) is 7.27. The minimum atomic E-state index is -0.732. The van der Waals surface area contributed by atoms with E-state index < -0.39 is 6.10 Å². The van der Waals surface area contributed by atoms with Gasteiger partial charge in [0.1, 0.15) is 25.1 Å². The molecule has 22 heavy (non-hydrogen) atoms. The largest absolute Gasteiger partial charge is 0.491 e. The van der Waals surface area contributed by atoms with E-state index in [9.17, 15) is 5.11 Å². The molecule has 1 aromatic heterocycles. The van der Waals surface area contributed by atoms with Crippen molar-refractivity contribution in [3.8, 4) is 11.6 Å². The molecule has 0 aliphatic rings. The molecule has 2 rings (SSSR count). The normalized spacial score (nSPS) is 12.0. The molecule has 2 aromatic rings. The molecule has 0 fully saturated rings. The summed E-state index contributed by atoms with van der Waals surface area (Å²) < 4.78 is 11.0. The first-order valence-corrected chi connectivity index (χ1v) is 7.27. The van der Waals surface area contributed by atoms with Crippen molar-refractivity contribution in [3.63, 3.8) is 0 Å². The number of benzene rings is 1. The second-order valence-electron chi connectivity index (χ2n) is 5.55. The van der Waals surface area contributed by atoms with Gasteiger partial charge in [0.15, 0.2) is 0 Å². The SMILES string of the molecule is Cc1cc(C)cc(OCC(O)COc2cc(C)c(C)nn2)c1. The van der Waals surface area contributed by atoms with Crippen LogP contribution >= 0.6 is 0 Å². The molecule has 1 N–H and O–H groups in total. The van der Waals surface area contributed by atoms with Crippen molar-refractivity contribution < 1.29 is 14.6 Å². The number of hydrogen-bond donors (Lipinski definition) is 1. The lowest BCUT2D eigenvalue weighted by Crippen LogP contribution is -2.25. The predicted octanol–water partition coefficient (Wildman–Crippen LogP) is 2.53. The van der Waals surface area contributed by atoms with E-state index in [4.69, 9.17) is 9.47 Å². The Hall–Kier alpha value is -2.14. The third-order valence-electron chi connectivity index (χ3n) is 3.27. The zero-order valence-corrected chi connectivity index (χ0v) is 13.5. The maximum Gasteiger partial charge on any atom is 0.233 e. The number of aliphatic hydroxyl groups excluding tert-OH is 1. The van der Waals surface area contributed by atoms with Crippen LogP contribution in [-0.4, -0.2) is 34.6 Å². The fraction of sp³-hybridized carbons (Fsp3) is 0.412. The maximum absolute atomic E-state index is 9.94. The summed E-state index contributed by atoms with van der Waals surface area (Å²) in [5.41, 5.74) is 4.13. The summed E-state index contributed by atoms with van der Waals surface area (Å²) in [4.78, 5) is 0. The van der Waals surface area contributed by atoms with Crippen LogP contribution in [0.5, 0.6) is 11.6 Å². The minimum absolute atomic E-state index is 0.113. The van der Waals surface area contributed by atoms with Gasteiger partial charge in [-0.1, -0.05) is 6.07 Å². The number of nitrogens with zero attached hydrogens (tertiary/aromatic N) is 2. The van der Waals surface area contributed by atoms with Crippen molar-refractivity contribution in [1.82, 2.24) is 10.2 Å². The summed E-state index contributed by atoms with van der Waals surface area (Å²) in [6, 6.07) is 7.76. The minimum Gasteiger partial charge on any atom is -0.491 e. The van der Waals surface area contributed by atoms with Gasteiger partial charge in [0.25, 0.3) is 0 Å². The third kappa shape index (κ3) is 4.70. The van der Waals surface area contributed by atoms with E-state index in [1.54, 1.807) is 6.07 Å². The number of ether oxygens (including phenoxy) is 2. The Morgan fingerprint density at radius 2 is 1.55 bits per heavy atom. The molecule has 1 unspecified atom stereocenters. The molecule has 1 heterocycles. The first kappa shape index (κ1) is 16.2. The average molecular weight is 302 g/mol. The highest BCUT2D eigenvalue weighted by Gasteiger charge is 2.09. The van der Waals surface area contributed by atoms with Crippen molar-refractivity contribution in [2.45, 2.75) is 33.8 Å². The van der Waals surface area contributed by atoms with Gasteiger partial charge in [-0.2, -0.15) is 5.10 Å². The second kappa shape index (κ2) is 7.22. The van der Waals surface area contributed by atoms with Gasteiger partial charge in [0.05, 0.1) is 5.69 Å². The molecule has 0 bridgehead atoms. The first-order chi connectivity index (χ1) is 10.4. The number of aromatic nitrogens is 2. The van der Waals surface area contributed by atoms with Crippen molar-refractivity contribution in [3.05, 3.63) is 46.6 Å². The fourth-order valence-electron chi connectivity index (χ4n) is 2.03. The highest BCUT2D eigenvalue weighted by Crippen LogP contribution is 2.16. The molecule has 0 aliphatic carbocycles. The third-order valence-corrected chi connectivity index (χ3v) is 3.27. The van der Waals surface area contributed by atoms with Crippen LogP contribution in [0, 0.1) is 27.7 Å². The van der Waals surface area contributed by atoms with Gasteiger partial charge in [0.2, 0.25) is 5.88 Å². The molecule has 118 valence electrons. The Morgan fingerprint density at radius 3 is 2.18 bits per heavy atom. The van der Waals surface area contributed by atoms with E-state index >= 15 is 0 Å². The molecule has 5 heteroatoms. The number of rotatable bonds is 6. The highest BCUT2D eigenvalue weighted by molar-refractivity contribution is 5.33. The Morgan fingerprint density at radius 1 is 0.909 bits per heavy atom. The molecule has 0 aliphatic heterocycles. The van der Waals surface area contributed by atoms with E-state index in [0.717, 1.165) is 28.1 Å². The molecule has 0 spiro atoms. The maximum atomic E-state index is 9.94. The van der Waals surface area contributed by atoms with E-state index in [1.807, 2.05) is 39.8 Å². The molecule has 1 aromatic carbocycles. The predicted molar refractivity (Wildman–Crippen MR) is 84.4 cm³/mol. The van der Waals surface area contributed by atoms with Gasteiger partial charge in [-0.3, -0.25) is 0 Å². The summed E-state index contributed by atoms with van der Waals surface area (Å²) >= 11 is 0. The molecular formula is C17H22N2O3. The standard InChI is InChI=1S/C17H22N2O3/c1-11-5-12(2)7-16(6-11)21-9-15(20)10-22-17-8-13(3)14(4)18-19-17/h5-8,15,20H,9-10H2,1-4H3. The van der Waals surface area contributed by atoms with Gasteiger partial charge in [-0.25, -0.2) is 0 Å². The smallest absolute Gasteiger partial charge is 0.233 e. The molecule has 5 nitrogen and oxygen atoms in total. The second-order valence-corrected chi connectivity index (χ2v) is 5.55. The molecule has 0 amide bonds. The molecule has 1 atom stereocenters. The molecule has 0 saturated carbocycles. The van der Waals surface area contributed by atoms with Gasteiger partial charge in [-0.05, 0) is 56.5 Å². The Kier molecular flexibility index (Phi) is 5.33. The summed E-state index contributed by atoms with van der Waals surface area (Å²) in [6.45, 7) is 8.13.